The molecule has 0 amide bonds. The molecular formula is C13H20N4. The molecular weight excluding hydrogens is 212 g/mol. The quantitative estimate of drug-likeness (QED) is 0.853. The van der Waals surface area contributed by atoms with Crippen LogP contribution in [-0.4, -0.2) is 14.3 Å². The summed E-state index contributed by atoms with van der Waals surface area (Å²) in [5.41, 5.74) is 3.83. The number of aryl methyl sites for hydroxylation is 2. The molecule has 0 atom stereocenters. The largest absolute Gasteiger partial charge is 0.353 e. The maximum atomic E-state index is 4.34. The van der Waals surface area contributed by atoms with Crippen LogP contribution in [0, 0.1) is 6.92 Å². The van der Waals surface area contributed by atoms with E-state index in [1.807, 2.05) is 10.9 Å². The zero-order valence-electron chi connectivity index (χ0n) is 10.8. The van der Waals surface area contributed by atoms with Crippen molar-refractivity contribution in [3.05, 3.63) is 41.5 Å². The first-order valence-electron chi connectivity index (χ1n) is 6.04. The Morgan fingerprint density at radius 1 is 1.35 bits per heavy atom. The third-order valence-electron chi connectivity index (χ3n) is 3.18. The molecule has 0 radical (unpaired) electrons. The minimum absolute atomic E-state index is 0.872. The van der Waals surface area contributed by atoms with Crippen LogP contribution in [0.15, 0.2) is 24.5 Å². The lowest BCUT2D eigenvalue weighted by atomic mass is 10.2. The van der Waals surface area contributed by atoms with Gasteiger partial charge in [-0.05, 0) is 26.0 Å². The van der Waals surface area contributed by atoms with Gasteiger partial charge < -0.3 is 9.88 Å². The van der Waals surface area contributed by atoms with Crippen LogP contribution in [0.25, 0.3) is 0 Å². The highest BCUT2D eigenvalue weighted by molar-refractivity contribution is 5.16. The molecule has 0 unspecified atom stereocenters. The van der Waals surface area contributed by atoms with E-state index in [2.05, 4.69) is 54.2 Å². The van der Waals surface area contributed by atoms with Crippen molar-refractivity contribution in [3.8, 4) is 0 Å². The molecule has 0 aliphatic carbocycles. The fraction of sp³-hybridized carbons (Fsp3) is 0.462. The van der Waals surface area contributed by atoms with Gasteiger partial charge in [-0.2, -0.15) is 5.10 Å². The first-order valence-corrected chi connectivity index (χ1v) is 6.04. The first kappa shape index (κ1) is 11.9. The van der Waals surface area contributed by atoms with Crippen molar-refractivity contribution in [2.24, 2.45) is 7.05 Å². The van der Waals surface area contributed by atoms with Crippen molar-refractivity contribution in [3.63, 3.8) is 0 Å². The molecule has 0 saturated heterocycles. The molecule has 0 aromatic carbocycles. The molecule has 2 aromatic rings. The van der Waals surface area contributed by atoms with Crippen molar-refractivity contribution in [2.45, 2.75) is 33.5 Å². The summed E-state index contributed by atoms with van der Waals surface area (Å²) >= 11 is 0. The van der Waals surface area contributed by atoms with Gasteiger partial charge in [0.15, 0.2) is 0 Å². The van der Waals surface area contributed by atoms with Crippen LogP contribution in [0.5, 0.6) is 0 Å². The van der Waals surface area contributed by atoms with Crippen molar-refractivity contribution in [1.29, 1.82) is 0 Å². The lowest BCUT2D eigenvalue weighted by molar-refractivity contribution is 0.629. The Morgan fingerprint density at radius 3 is 2.76 bits per heavy atom. The van der Waals surface area contributed by atoms with Crippen LogP contribution in [0.3, 0.4) is 0 Å². The van der Waals surface area contributed by atoms with E-state index >= 15 is 0 Å². The van der Waals surface area contributed by atoms with Gasteiger partial charge in [-0.1, -0.05) is 0 Å². The number of hydrogen-bond donors (Lipinski definition) is 1. The molecule has 1 N–H and O–H groups in total. The number of rotatable bonds is 5. The average molecular weight is 232 g/mol. The fourth-order valence-corrected chi connectivity index (χ4v) is 1.98. The Bertz CT molecular complexity index is 481. The molecule has 2 heterocycles. The molecule has 0 saturated carbocycles. The van der Waals surface area contributed by atoms with Gasteiger partial charge in [0.1, 0.15) is 0 Å². The maximum absolute atomic E-state index is 4.34. The van der Waals surface area contributed by atoms with Crippen molar-refractivity contribution in [2.75, 3.05) is 0 Å². The molecule has 0 spiro atoms. The van der Waals surface area contributed by atoms with Crippen molar-refractivity contribution in [1.82, 2.24) is 19.7 Å². The second kappa shape index (κ2) is 5.19. The Labute approximate surface area is 102 Å². The molecule has 4 nitrogen and oxygen atoms in total. The topological polar surface area (TPSA) is 34.8 Å². The summed E-state index contributed by atoms with van der Waals surface area (Å²) in [6.07, 6.45) is 4.02. The summed E-state index contributed by atoms with van der Waals surface area (Å²) in [7, 11) is 2.07. The Morgan fingerprint density at radius 2 is 2.18 bits per heavy atom. The number of hydrogen-bond acceptors (Lipinski definition) is 2. The third kappa shape index (κ3) is 2.58. The lowest BCUT2D eigenvalue weighted by Crippen LogP contribution is -2.15. The lowest BCUT2D eigenvalue weighted by Gasteiger charge is -2.06. The maximum Gasteiger partial charge on any atom is 0.0537 e. The van der Waals surface area contributed by atoms with Gasteiger partial charge in [-0.3, -0.25) is 4.68 Å². The minimum Gasteiger partial charge on any atom is -0.353 e. The van der Waals surface area contributed by atoms with Gasteiger partial charge in [-0.25, -0.2) is 0 Å². The summed E-state index contributed by atoms with van der Waals surface area (Å²) in [5.74, 6) is 0. The molecule has 0 bridgehead atoms. The Hall–Kier alpha value is -1.55. The van der Waals surface area contributed by atoms with Gasteiger partial charge in [-0.15, -0.1) is 0 Å². The van der Waals surface area contributed by atoms with E-state index in [1.165, 1.54) is 17.0 Å². The van der Waals surface area contributed by atoms with Gasteiger partial charge >= 0.3 is 0 Å². The van der Waals surface area contributed by atoms with E-state index < -0.39 is 0 Å². The number of nitrogens with zero attached hydrogens (tertiary/aromatic N) is 3. The molecule has 0 aliphatic heterocycles. The summed E-state index contributed by atoms with van der Waals surface area (Å²) in [4.78, 5) is 0. The van der Waals surface area contributed by atoms with Crippen LogP contribution in [0.4, 0.5) is 0 Å². The van der Waals surface area contributed by atoms with E-state index in [9.17, 15) is 0 Å². The van der Waals surface area contributed by atoms with Gasteiger partial charge in [0.25, 0.3) is 0 Å². The SMILES string of the molecule is CCn1ncc(CNCc2cccn2C)c1C. The highest BCUT2D eigenvalue weighted by Crippen LogP contribution is 2.07. The van der Waals surface area contributed by atoms with Gasteiger partial charge in [0.05, 0.1) is 6.20 Å². The van der Waals surface area contributed by atoms with Gasteiger partial charge in [0, 0.05) is 49.8 Å². The van der Waals surface area contributed by atoms with E-state index in [0.717, 1.165) is 19.6 Å². The van der Waals surface area contributed by atoms with Gasteiger partial charge in [0.2, 0.25) is 0 Å². The molecule has 17 heavy (non-hydrogen) atoms. The summed E-state index contributed by atoms with van der Waals surface area (Å²) in [6.45, 7) is 6.93. The van der Waals surface area contributed by atoms with Crippen molar-refractivity contribution < 1.29 is 0 Å². The summed E-state index contributed by atoms with van der Waals surface area (Å²) in [6, 6.07) is 4.20. The smallest absolute Gasteiger partial charge is 0.0537 e. The number of nitrogens with one attached hydrogen (secondary N) is 1. The fourth-order valence-electron chi connectivity index (χ4n) is 1.98. The first-order chi connectivity index (χ1) is 8.22. The van der Waals surface area contributed by atoms with E-state index in [1.54, 1.807) is 0 Å². The monoisotopic (exact) mass is 232 g/mol. The van der Waals surface area contributed by atoms with E-state index in [0.29, 0.717) is 0 Å². The van der Waals surface area contributed by atoms with Crippen LogP contribution in [0.1, 0.15) is 23.9 Å². The zero-order chi connectivity index (χ0) is 12.3. The van der Waals surface area contributed by atoms with E-state index in [-0.39, 0.29) is 0 Å². The average Bonchev–Trinajstić information content (AvgIpc) is 2.87. The number of aromatic nitrogens is 3. The van der Waals surface area contributed by atoms with Crippen LogP contribution < -0.4 is 5.32 Å². The normalized spacial score (nSPS) is 11.0. The molecule has 2 rings (SSSR count). The van der Waals surface area contributed by atoms with E-state index in [4.69, 9.17) is 0 Å². The molecule has 92 valence electrons. The summed E-state index contributed by atoms with van der Waals surface area (Å²) < 4.78 is 4.16. The molecule has 0 fully saturated rings. The van der Waals surface area contributed by atoms with Crippen LogP contribution in [-0.2, 0) is 26.7 Å². The van der Waals surface area contributed by atoms with Crippen LogP contribution in [0.2, 0.25) is 0 Å². The third-order valence-corrected chi connectivity index (χ3v) is 3.18. The molecule has 0 aliphatic rings. The summed E-state index contributed by atoms with van der Waals surface area (Å²) in [5, 5.41) is 7.79. The highest BCUT2D eigenvalue weighted by Gasteiger charge is 2.04. The second-order valence-corrected chi connectivity index (χ2v) is 4.28. The van der Waals surface area contributed by atoms with Crippen molar-refractivity contribution >= 4 is 0 Å². The molecule has 2 aromatic heterocycles. The minimum atomic E-state index is 0.872. The Balaban J connectivity index is 1.90. The predicted octanol–water partition coefficient (Wildman–Crippen LogP) is 1.84. The molecule has 4 heteroatoms. The van der Waals surface area contributed by atoms with Crippen LogP contribution >= 0.6 is 0 Å². The zero-order valence-corrected chi connectivity index (χ0v) is 10.8. The Kier molecular flexibility index (Phi) is 3.64. The predicted molar refractivity (Wildman–Crippen MR) is 68.6 cm³/mol. The standard InChI is InChI=1S/C13H20N4/c1-4-17-11(2)12(9-15-17)8-14-10-13-6-5-7-16(13)3/h5-7,9,14H,4,8,10H2,1-3H3. The highest BCUT2D eigenvalue weighted by atomic mass is 15.3. The second-order valence-electron chi connectivity index (χ2n) is 4.28.